The number of ether oxygens (including phenoxy) is 8. The van der Waals surface area contributed by atoms with Crippen molar-refractivity contribution in [3.63, 3.8) is 0 Å². The number of rotatable bonds is 27. The van der Waals surface area contributed by atoms with Gasteiger partial charge in [0.05, 0.1) is 62.4 Å². The Morgan fingerprint density at radius 3 is 1.88 bits per heavy atom. The van der Waals surface area contributed by atoms with Gasteiger partial charge in [-0.1, -0.05) is 128 Å². The van der Waals surface area contributed by atoms with E-state index < -0.39 is 54.4 Å². The minimum atomic E-state index is -4.37. The Morgan fingerprint density at radius 1 is 0.667 bits per heavy atom. The monoisotopic (exact) mass is 1540 g/mol. The molecule has 17 nitrogen and oxygen atoms in total. The highest BCUT2D eigenvalue weighted by atomic mass is 127. The number of benzene rings is 7. The van der Waals surface area contributed by atoms with E-state index in [9.17, 15) is 13.2 Å². The van der Waals surface area contributed by atoms with Crippen LogP contribution in [-0.2, 0) is 47.2 Å². The maximum Gasteiger partial charge on any atom is 0.348 e. The average molecular weight is 1550 g/mol. The Morgan fingerprint density at radius 2 is 1.27 bits per heavy atom. The van der Waals surface area contributed by atoms with E-state index in [0.717, 1.165) is 30.7 Å². The van der Waals surface area contributed by atoms with Gasteiger partial charge in [0.15, 0.2) is 11.6 Å². The molecule has 0 aliphatic carbocycles. The maximum absolute atomic E-state index is 14.9. The van der Waals surface area contributed by atoms with Crippen molar-refractivity contribution < 1.29 is 59.7 Å². The number of thiophene rings is 1. The first-order valence-electron chi connectivity index (χ1n) is 31.9. The molecule has 518 valence electrons. The summed E-state index contributed by atoms with van der Waals surface area (Å²) in [5.74, 6) is 2.84. The Bertz CT molecular complexity index is 4560. The van der Waals surface area contributed by atoms with Gasteiger partial charge >= 0.3 is 5.97 Å². The predicted octanol–water partition coefficient (Wildman–Crippen LogP) is 18.1. The zero-order chi connectivity index (χ0) is 71.2. The van der Waals surface area contributed by atoms with Gasteiger partial charge in [0.1, 0.15) is 70.4 Å². The van der Waals surface area contributed by atoms with Gasteiger partial charge in [-0.3, -0.25) is 4.18 Å². The minimum absolute atomic E-state index is 0.0389. The van der Waals surface area contributed by atoms with Gasteiger partial charge in [-0.15, -0.1) is 11.3 Å². The molecule has 7 aromatic carbocycles. The molecule has 0 N–H and O–H groups in total. The van der Waals surface area contributed by atoms with Crippen LogP contribution < -0.4 is 32.8 Å². The van der Waals surface area contributed by atoms with Gasteiger partial charge in [0.25, 0.3) is 10.1 Å². The molecule has 0 unspecified atom stereocenters. The molecular weight excluding hydrogens is 1470 g/mol. The van der Waals surface area contributed by atoms with E-state index in [4.69, 9.17) is 84.7 Å². The summed E-state index contributed by atoms with van der Waals surface area (Å²) in [6, 6.07) is 45.9. The summed E-state index contributed by atoms with van der Waals surface area (Å²) in [6.45, 7) is 20.9. The highest BCUT2D eigenvalue weighted by Gasteiger charge is 2.42. The molecule has 0 spiro atoms. The Hall–Kier alpha value is -7.87. The van der Waals surface area contributed by atoms with Crippen molar-refractivity contribution in [2.24, 2.45) is 0 Å². The van der Waals surface area contributed by atoms with Crippen LogP contribution in [0, 0.1) is 23.7 Å². The number of carbonyl (C=O) groups is 1. The molecule has 0 saturated carbocycles. The SMILES string of the molecule is COc1ccc(C(OC[C@H](COS(=O)(=O)c2ccc(C)cc2)Oc2c(Cl)c(C)c(-c3c(I)sc4ncnc(O[C@H](Cc5cc(O[Si](C)(C)C(C)(C)C)ccc5OCc5ccnc(-c6ccccc6OC)n5)C(=O)OC(C)(C)C)c34)c(C)c2Cl)(c2ccccc2)c2ccc(OC)cc2)cc1. The lowest BCUT2D eigenvalue weighted by molar-refractivity contribution is -0.163. The molecule has 0 aliphatic heterocycles. The van der Waals surface area contributed by atoms with Crippen LogP contribution in [-0.4, -0.2) is 95.0 Å². The number of halogens is 3. The van der Waals surface area contributed by atoms with Crippen molar-refractivity contribution in [3.8, 4) is 62.9 Å². The molecule has 10 aromatic rings. The van der Waals surface area contributed by atoms with Crippen molar-refractivity contribution in [3.05, 3.63) is 222 Å². The summed E-state index contributed by atoms with van der Waals surface area (Å²) in [4.78, 5) is 34.3. The summed E-state index contributed by atoms with van der Waals surface area (Å²) < 4.78 is 92.7. The van der Waals surface area contributed by atoms with Crippen LogP contribution in [0.5, 0.6) is 40.4 Å². The molecule has 0 bridgehead atoms. The molecular formula is C76H79Cl2IN4O13S2Si. The van der Waals surface area contributed by atoms with Crippen molar-refractivity contribution >= 4 is 91.8 Å². The van der Waals surface area contributed by atoms with Crippen LogP contribution in [0.3, 0.4) is 0 Å². The first kappa shape index (κ1) is 73.8. The number of aryl methyl sites for hydroxylation is 1. The normalized spacial score (nSPS) is 12.8. The van der Waals surface area contributed by atoms with Gasteiger partial charge in [0.2, 0.25) is 20.3 Å². The van der Waals surface area contributed by atoms with Crippen LogP contribution >= 0.6 is 57.1 Å². The summed E-state index contributed by atoms with van der Waals surface area (Å²) in [5, 5.41) is 0.553. The molecule has 3 heterocycles. The van der Waals surface area contributed by atoms with Crippen LogP contribution in [0.15, 0.2) is 169 Å². The Balaban J connectivity index is 1.04. The number of nitrogens with zero attached hydrogens (tertiary/aromatic N) is 4. The number of methoxy groups -OCH3 is 3. The van der Waals surface area contributed by atoms with Crippen LogP contribution in [0.2, 0.25) is 28.2 Å². The Kier molecular flexibility index (Phi) is 23.1. The van der Waals surface area contributed by atoms with Crippen LogP contribution in [0.25, 0.3) is 32.7 Å². The predicted molar refractivity (Wildman–Crippen MR) is 399 cm³/mol. The quantitative estimate of drug-likeness (QED) is 0.0155. The van der Waals surface area contributed by atoms with E-state index in [1.54, 1.807) is 66.5 Å². The summed E-state index contributed by atoms with van der Waals surface area (Å²) in [5.41, 5.74) is 4.96. The number of aromatic nitrogens is 4. The fraction of sp³-hybridized carbons (Fsp3) is 0.303. The van der Waals surface area contributed by atoms with Crippen molar-refractivity contribution in [2.75, 3.05) is 34.5 Å². The van der Waals surface area contributed by atoms with Gasteiger partial charge in [-0.25, -0.2) is 24.7 Å². The molecule has 0 fully saturated rings. The first-order valence-corrected chi connectivity index (χ1v) is 38.8. The molecule has 23 heteroatoms. The third-order valence-electron chi connectivity index (χ3n) is 17.1. The van der Waals surface area contributed by atoms with Gasteiger partial charge < -0.3 is 42.3 Å². The fourth-order valence-electron chi connectivity index (χ4n) is 11.0. The lowest BCUT2D eigenvalue weighted by atomic mass is 9.80. The highest BCUT2D eigenvalue weighted by Crippen LogP contribution is 2.52. The van der Waals surface area contributed by atoms with Crippen molar-refractivity contribution in [2.45, 2.75) is 122 Å². The summed E-state index contributed by atoms with van der Waals surface area (Å²) in [7, 11) is -1.99. The summed E-state index contributed by atoms with van der Waals surface area (Å²) in [6.07, 6.45) is 0.461. The third-order valence-corrected chi connectivity index (χ3v) is 25.8. The van der Waals surface area contributed by atoms with Gasteiger partial charge in [0, 0.05) is 23.7 Å². The molecule has 99 heavy (non-hydrogen) atoms. The minimum Gasteiger partial charge on any atom is -0.543 e. The smallest absolute Gasteiger partial charge is 0.348 e. The molecule has 10 rings (SSSR count). The highest BCUT2D eigenvalue weighted by molar-refractivity contribution is 14.1. The molecule has 0 saturated heterocycles. The number of esters is 1. The first-order chi connectivity index (χ1) is 47.0. The second kappa shape index (κ2) is 30.9. The molecule has 0 radical (unpaired) electrons. The zero-order valence-electron chi connectivity index (χ0n) is 57.6. The lowest BCUT2D eigenvalue weighted by Gasteiger charge is -2.37. The molecule has 0 amide bonds. The van der Waals surface area contributed by atoms with Gasteiger partial charge in [-0.2, -0.15) is 8.42 Å². The molecule has 0 aliphatic rings. The topological polar surface area (TPSA) is 195 Å². The van der Waals surface area contributed by atoms with Gasteiger partial charge in [-0.05, 0) is 188 Å². The second-order valence-electron chi connectivity index (χ2n) is 26.1. The molecule has 3 aromatic heterocycles. The van der Waals surface area contributed by atoms with Crippen molar-refractivity contribution in [1.29, 1.82) is 0 Å². The van der Waals surface area contributed by atoms with E-state index in [1.165, 1.54) is 29.8 Å². The van der Waals surface area contributed by atoms with E-state index >= 15 is 0 Å². The number of carbonyl (C=O) groups excluding carboxylic acids is 1. The molecule has 2 atom stereocenters. The van der Waals surface area contributed by atoms with Crippen LogP contribution in [0.1, 0.15) is 86.2 Å². The number of para-hydroxylation sites is 1. The largest absolute Gasteiger partial charge is 0.543 e. The van der Waals surface area contributed by atoms with Crippen molar-refractivity contribution in [1.82, 2.24) is 19.9 Å². The van der Waals surface area contributed by atoms with Crippen LogP contribution in [0.4, 0.5) is 0 Å². The maximum atomic E-state index is 14.9. The van der Waals surface area contributed by atoms with E-state index in [0.29, 0.717) is 78.3 Å². The number of hydrogen-bond donors (Lipinski definition) is 0. The second-order valence-corrected chi connectivity index (χ2v) is 36.0. The van der Waals surface area contributed by atoms with E-state index in [1.807, 2.05) is 142 Å². The number of hydrogen-bond acceptors (Lipinski definition) is 18. The fourth-order valence-corrected chi connectivity index (χ4v) is 15.5. The Labute approximate surface area is 607 Å². The standard InChI is InChI=1S/C76H79Cl2IN4O13S2Si/c1-46-24-35-58(36-25-46)98(85,86)92-44-57(43-91-76(50-20-16-15-17-21-50,51-26-30-54(87-10)31-27-51)52-28-32-55(88-11)33-29-52)93-68-66(77)47(2)63(48(3)67(68)78)64-65-71(81-45-82-72(65)97-69(64)79)94-62(73(84)95-74(4,5)6)41-49-40-56(96-99(13,14)75(7,8)9)34-37-60(49)90-42-53-38-39-80-70(83-53)59-22-18-19-23-61(59)89-12/h15-40,45,57,62H,41-44H2,1-14H3/t57-,62-/m1/s1. The zero-order valence-corrected chi connectivity index (χ0v) is 63.9. The van der Waals surface area contributed by atoms with E-state index in [2.05, 4.69) is 61.4 Å². The summed E-state index contributed by atoms with van der Waals surface area (Å²) >= 11 is 18.9. The lowest BCUT2D eigenvalue weighted by Crippen LogP contribution is -2.43. The third kappa shape index (κ3) is 16.8. The average Bonchev–Trinajstić information content (AvgIpc) is 1.65. The number of fused-ring (bicyclic) bond motifs is 1. The van der Waals surface area contributed by atoms with E-state index in [-0.39, 0.29) is 51.2 Å².